The van der Waals surface area contributed by atoms with Gasteiger partial charge >= 0.3 is 0 Å². The Labute approximate surface area is 173 Å². The quantitative estimate of drug-likeness (QED) is 0.754. The van der Waals surface area contributed by atoms with Gasteiger partial charge in [0.2, 0.25) is 0 Å². The average molecular weight is 419 g/mol. The van der Waals surface area contributed by atoms with Crippen LogP contribution in [0, 0.1) is 0 Å². The van der Waals surface area contributed by atoms with Gasteiger partial charge in [-0.15, -0.1) is 11.3 Å². The van der Waals surface area contributed by atoms with Crippen molar-refractivity contribution in [1.29, 1.82) is 0 Å². The van der Waals surface area contributed by atoms with E-state index in [9.17, 15) is 9.59 Å². The molecule has 5 nitrogen and oxygen atoms in total. The second kappa shape index (κ2) is 8.64. The van der Waals surface area contributed by atoms with Crippen LogP contribution in [0.2, 0.25) is 5.02 Å². The smallest absolute Gasteiger partial charge is 0.256 e. The zero-order chi connectivity index (χ0) is 19.5. The van der Waals surface area contributed by atoms with E-state index >= 15 is 0 Å². The lowest BCUT2D eigenvalue weighted by molar-refractivity contribution is 0.0858. The Morgan fingerprint density at radius 2 is 1.89 bits per heavy atom. The summed E-state index contributed by atoms with van der Waals surface area (Å²) in [6.07, 6.45) is 6.13. The molecule has 0 bridgehead atoms. The van der Waals surface area contributed by atoms with Crippen LogP contribution in [0.25, 0.3) is 0 Å². The zero-order valence-corrected chi connectivity index (χ0v) is 17.1. The molecule has 0 saturated carbocycles. The highest BCUT2D eigenvalue weighted by Gasteiger charge is 2.27. The van der Waals surface area contributed by atoms with E-state index in [0.717, 1.165) is 50.7 Å². The normalized spacial score (nSPS) is 18.5. The van der Waals surface area contributed by atoms with Gasteiger partial charge in [0.15, 0.2) is 0 Å². The maximum atomic E-state index is 13.0. The minimum absolute atomic E-state index is 0.0884. The summed E-state index contributed by atoms with van der Waals surface area (Å²) in [5.41, 5.74) is 2.23. The number of anilines is 1. The number of carbonyl (C=O) groups excluding carboxylic acids is 2. The molecule has 2 aliphatic rings. The predicted octanol–water partition coefficient (Wildman–Crippen LogP) is 4.44. The molecule has 148 valence electrons. The van der Waals surface area contributed by atoms with Crippen molar-refractivity contribution >= 4 is 39.8 Å². The lowest BCUT2D eigenvalue weighted by Gasteiger charge is -2.15. The highest BCUT2D eigenvalue weighted by atomic mass is 35.5. The molecule has 1 aliphatic carbocycles. The van der Waals surface area contributed by atoms with Crippen molar-refractivity contribution in [2.24, 2.45) is 0 Å². The predicted molar refractivity (Wildman–Crippen MR) is 112 cm³/mol. The second-order valence-corrected chi connectivity index (χ2v) is 8.76. The summed E-state index contributed by atoms with van der Waals surface area (Å²) < 4.78 is 5.60. The number of rotatable bonds is 5. The Morgan fingerprint density at radius 1 is 1.11 bits per heavy atom. The van der Waals surface area contributed by atoms with Crippen molar-refractivity contribution in [3.8, 4) is 0 Å². The third kappa shape index (κ3) is 4.24. The molecule has 0 spiro atoms. The van der Waals surface area contributed by atoms with Crippen molar-refractivity contribution in [2.75, 3.05) is 18.5 Å². The fraction of sp³-hybridized carbons (Fsp3) is 0.429. The molecule has 2 amide bonds. The number of carbonyl (C=O) groups is 2. The molecule has 1 aliphatic heterocycles. The molecule has 28 heavy (non-hydrogen) atoms. The van der Waals surface area contributed by atoms with Gasteiger partial charge in [0.1, 0.15) is 5.00 Å². The number of benzene rings is 1. The topological polar surface area (TPSA) is 67.4 Å². The molecule has 2 heterocycles. The van der Waals surface area contributed by atoms with Crippen molar-refractivity contribution in [1.82, 2.24) is 5.32 Å². The van der Waals surface area contributed by atoms with E-state index in [1.54, 1.807) is 24.3 Å². The molecule has 1 fully saturated rings. The molecule has 2 N–H and O–H groups in total. The number of thiophene rings is 1. The first kappa shape index (κ1) is 19.4. The highest BCUT2D eigenvalue weighted by molar-refractivity contribution is 7.17. The first-order chi connectivity index (χ1) is 13.6. The van der Waals surface area contributed by atoms with Crippen molar-refractivity contribution < 1.29 is 14.3 Å². The Hall–Kier alpha value is -1.89. The summed E-state index contributed by atoms with van der Waals surface area (Å²) in [5.74, 6) is -0.357. The summed E-state index contributed by atoms with van der Waals surface area (Å²) in [7, 11) is 0. The number of aryl methyl sites for hydroxylation is 1. The largest absolute Gasteiger partial charge is 0.376 e. The summed E-state index contributed by atoms with van der Waals surface area (Å²) in [6, 6.07) is 6.74. The van der Waals surface area contributed by atoms with Crippen LogP contribution >= 0.6 is 22.9 Å². The molecule has 1 aromatic heterocycles. The molecule has 0 unspecified atom stereocenters. The minimum Gasteiger partial charge on any atom is -0.376 e. The van der Waals surface area contributed by atoms with E-state index in [0.29, 0.717) is 27.7 Å². The monoisotopic (exact) mass is 418 g/mol. The van der Waals surface area contributed by atoms with Crippen LogP contribution in [-0.4, -0.2) is 31.1 Å². The minimum atomic E-state index is -0.233. The number of nitrogens with one attached hydrogen (secondary N) is 2. The van der Waals surface area contributed by atoms with E-state index in [4.69, 9.17) is 16.3 Å². The Balaban J connectivity index is 1.55. The SMILES string of the molecule is O=C(Nc1sc2c(c1C(=O)NC[C@H]1CCCO1)CCCC2)c1ccc(Cl)cc1. The van der Waals surface area contributed by atoms with Crippen LogP contribution < -0.4 is 10.6 Å². The van der Waals surface area contributed by atoms with E-state index in [2.05, 4.69) is 10.6 Å². The Morgan fingerprint density at radius 3 is 2.64 bits per heavy atom. The van der Waals surface area contributed by atoms with Gasteiger partial charge in [0.05, 0.1) is 11.7 Å². The van der Waals surface area contributed by atoms with Crippen LogP contribution in [0.3, 0.4) is 0 Å². The molecule has 7 heteroatoms. The van der Waals surface area contributed by atoms with E-state index in [-0.39, 0.29) is 17.9 Å². The molecular formula is C21H23ClN2O3S. The summed E-state index contributed by atoms with van der Waals surface area (Å²) in [4.78, 5) is 26.9. The number of amides is 2. The van der Waals surface area contributed by atoms with Crippen LogP contribution in [0.15, 0.2) is 24.3 Å². The van der Waals surface area contributed by atoms with Crippen LogP contribution in [0.4, 0.5) is 5.00 Å². The van der Waals surface area contributed by atoms with Gasteiger partial charge in [-0.05, 0) is 68.4 Å². The first-order valence-electron chi connectivity index (χ1n) is 9.73. The Bertz CT molecular complexity index is 873. The molecule has 1 atom stereocenters. The average Bonchev–Trinajstić information content (AvgIpc) is 3.34. The van der Waals surface area contributed by atoms with Gasteiger partial charge < -0.3 is 15.4 Å². The maximum absolute atomic E-state index is 13.0. The third-order valence-electron chi connectivity index (χ3n) is 5.25. The second-order valence-electron chi connectivity index (χ2n) is 7.22. The van der Waals surface area contributed by atoms with Gasteiger partial charge in [0.25, 0.3) is 11.8 Å². The fourth-order valence-corrected chi connectivity index (χ4v) is 5.18. The molecule has 1 saturated heterocycles. The summed E-state index contributed by atoms with van der Waals surface area (Å²) in [5, 5.41) is 7.19. The van der Waals surface area contributed by atoms with Crippen molar-refractivity contribution in [3.63, 3.8) is 0 Å². The Kier molecular flexibility index (Phi) is 5.99. The van der Waals surface area contributed by atoms with Crippen LogP contribution in [-0.2, 0) is 17.6 Å². The van der Waals surface area contributed by atoms with Gasteiger partial charge in [0, 0.05) is 28.6 Å². The van der Waals surface area contributed by atoms with Crippen LogP contribution in [0.5, 0.6) is 0 Å². The summed E-state index contributed by atoms with van der Waals surface area (Å²) in [6.45, 7) is 1.27. The standard InChI is InChI=1S/C21H23ClN2O3S/c22-14-9-7-13(8-10-14)19(25)24-21-18(16-5-1-2-6-17(16)28-21)20(26)23-12-15-4-3-11-27-15/h7-10,15H,1-6,11-12H2,(H,23,26)(H,24,25)/t15-/m1/s1. The van der Waals surface area contributed by atoms with Gasteiger partial charge in [-0.1, -0.05) is 11.6 Å². The van der Waals surface area contributed by atoms with E-state index < -0.39 is 0 Å². The van der Waals surface area contributed by atoms with Crippen molar-refractivity contribution in [2.45, 2.75) is 44.6 Å². The highest BCUT2D eigenvalue weighted by Crippen LogP contribution is 2.38. The summed E-state index contributed by atoms with van der Waals surface area (Å²) >= 11 is 7.43. The van der Waals surface area contributed by atoms with Crippen molar-refractivity contribution in [3.05, 3.63) is 50.9 Å². The van der Waals surface area contributed by atoms with Crippen LogP contribution in [0.1, 0.15) is 56.8 Å². The van der Waals surface area contributed by atoms with Gasteiger partial charge in [-0.2, -0.15) is 0 Å². The van der Waals surface area contributed by atoms with E-state index in [1.807, 2.05) is 0 Å². The molecule has 1 aromatic carbocycles. The lowest BCUT2D eigenvalue weighted by atomic mass is 9.95. The molecular weight excluding hydrogens is 396 g/mol. The molecule has 0 radical (unpaired) electrons. The van der Waals surface area contributed by atoms with E-state index in [1.165, 1.54) is 16.2 Å². The van der Waals surface area contributed by atoms with Gasteiger partial charge in [-0.25, -0.2) is 0 Å². The number of hydrogen-bond donors (Lipinski definition) is 2. The lowest BCUT2D eigenvalue weighted by Crippen LogP contribution is -2.32. The molecule has 2 aromatic rings. The third-order valence-corrected chi connectivity index (χ3v) is 6.71. The number of ether oxygens (including phenoxy) is 1. The molecule has 4 rings (SSSR count). The fourth-order valence-electron chi connectivity index (χ4n) is 3.77. The number of hydrogen-bond acceptors (Lipinski definition) is 4. The zero-order valence-electron chi connectivity index (χ0n) is 15.6. The maximum Gasteiger partial charge on any atom is 0.256 e. The first-order valence-corrected chi connectivity index (χ1v) is 10.9. The number of halogens is 1. The van der Waals surface area contributed by atoms with Gasteiger partial charge in [-0.3, -0.25) is 9.59 Å². The number of fused-ring (bicyclic) bond motifs is 1.